The normalized spacial score (nSPS) is 12.6. The molecule has 0 rings (SSSR count). The van der Waals surface area contributed by atoms with Crippen molar-refractivity contribution in [3.8, 4) is 0 Å². The van der Waals surface area contributed by atoms with Gasteiger partial charge in [-0.15, -0.1) is 0 Å². The molecule has 0 N–H and O–H groups in total. The molecule has 0 bridgehead atoms. The number of esters is 3. The number of unbranched alkanes of at least 4 members (excludes halogenated alkanes) is 20. The van der Waals surface area contributed by atoms with Crippen molar-refractivity contribution >= 4 is 17.9 Å². The van der Waals surface area contributed by atoms with E-state index in [2.05, 4.69) is 69.4 Å². The lowest BCUT2D eigenvalue weighted by molar-refractivity contribution is -0.166. The summed E-state index contributed by atoms with van der Waals surface area (Å²) in [6.45, 7) is 6.42. The topological polar surface area (TPSA) is 78.9 Å². The van der Waals surface area contributed by atoms with E-state index in [1.54, 1.807) is 0 Å². The predicted molar refractivity (Wildman–Crippen MR) is 238 cm³/mol. The van der Waals surface area contributed by atoms with Gasteiger partial charge in [0.15, 0.2) is 6.10 Å². The molecule has 0 spiro atoms. The molecule has 6 nitrogen and oxygen atoms in total. The molecule has 0 aliphatic rings. The average Bonchev–Trinajstić information content (AvgIpc) is 3.19. The highest BCUT2D eigenvalue weighted by atomic mass is 16.6. The van der Waals surface area contributed by atoms with E-state index in [9.17, 15) is 14.4 Å². The first kappa shape index (κ1) is 53.1. The molecule has 0 saturated carbocycles. The number of hydrogen-bond donors (Lipinski definition) is 0. The van der Waals surface area contributed by atoms with Crippen molar-refractivity contribution in [2.24, 2.45) is 0 Å². The van der Waals surface area contributed by atoms with Gasteiger partial charge in [0.2, 0.25) is 0 Å². The third kappa shape index (κ3) is 42.3. The van der Waals surface area contributed by atoms with Crippen molar-refractivity contribution in [2.75, 3.05) is 13.2 Å². The van der Waals surface area contributed by atoms with E-state index < -0.39 is 6.10 Å². The second-order valence-electron chi connectivity index (χ2n) is 15.3. The van der Waals surface area contributed by atoms with Crippen LogP contribution in [-0.4, -0.2) is 37.2 Å². The molecule has 0 radical (unpaired) electrons. The largest absolute Gasteiger partial charge is 0.462 e. The van der Waals surface area contributed by atoms with E-state index in [1.165, 1.54) is 96.3 Å². The van der Waals surface area contributed by atoms with Crippen molar-refractivity contribution < 1.29 is 28.6 Å². The second kappa shape index (κ2) is 44.8. The van der Waals surface area contributed by atoms with Crippen LogP contribution < -0.4 is 0 Å². The van der Waals surface area contributed by atoms with Crippen LogP contribution >= 0.6 is 0 Å². The lowest BCUT2D eigenvalue weighted by Crippen LogP contribution is -2.30. The zero-order valence-electron chi connectivity index (χ0n) is 36.6. The van der Waals surface area contributed by atoms with Crippen molar-refractivity contribution in [1.29, 1.82) is 0 Å². The van der Waals surface area contributed by atoms with Gasteiger partial charge >= 0.3 is 17.9 Å². The molecule has 1 atom stereocenters. The molecule has 0 amide bonds. The van der Waals surface area contributed by atoms with Crippen LogP contribution in [0.2, 0.25) is 0 Å². The van der Waals surface area contributed by atoms with Crippen LogP contribution in [0, 0.1) is 0 Å². The minimum atomic E-state index is -0.802. The molecular weight excluding hydrogens is 697 g/mol. The Morgan fingerprint density at radius 2 is 0.732 bits per heavy atom. The summed E-state index contributed by atoms with van der Waals surface area (Å²) >= 11 is 0. The van der Waals surface area contributed by atoms with Crippen molar-refractivity contribution in [3.63, 3.8) is 0 Å². The molecule has 0 saturated heterocycles. The number of hydrogen-bond acceptors (Lipinski definition) is 6. The fraction of sp³-hybridized carbons (Fsp3) is 0.740. The SMILES string of the molecule is CC/C=C\C/C=C\C/C=C\C/C=C\CCC(=O)OCC(COC(=O)CCCCCCCCCCCCCC)OC(=O)CCCCCCC/C=C\CCCCCC. The molecule has 0 heterocycles. The third-order valence-electron chi connectivity index (χ3n) is 9.77. The minimum absolute atomic E-state index is 0.0981. The minimum Gasteiger partial charge on any atom is -0.462 e. The van der Waals surface area contributed by atoms with Crippen molar-refractivity contribution in [2.45, 2.75) is 226 Å². The van der Waals surface area contributed by atoms with E-state index >= 15 is 0 Å². The Kier molecular flexibility index (Phi) is 42.5. The molecule has 56 heavy (non-hydrogen) atoms. The first-order chi connectivity index (χ1) is 27.5. The summed E-state index contributed by atoms with van der Waals surface area (Å²) in [6.07, 6.45) is 53.5. The quantitative estimate of drug-likeness (QED) is 0.0266. The van der Waals surface area contributed by atoms with Gasteiger partial charge in [0.1, 0.15) is 13.2 Å². The fourth-order valence-corrected chi connectivity index (χ4v) is 6.27. The van der Waals surface area contributed by atoms with Crippen LogP contribution in [0.15, 0.2) is 60.8 Å². The van der Waals surface area contributed by atoms with Gasteiger partial charge in [-0.25, -0.2) is 0 Å². The first-order valence-electron chi connectivity index (χ1n) is 23.3. The predicted octanol–water partition coefficient (Wildman–Crippen LogP) is 14.9. The van der Waals surface area contributed by atoms with Crippen LogP contribution in [0.4, 0.5) is 0 Å². The molecule has 0 aromatic carbocycles. The maximum Gasteiger partial charge on any atom is 0.306 e. The molecule has 6 heteroatoms. The summed E-state index contributed by atoms with van der Waals surface area (Å²) < 4.78 is 16.6. The molecular formula is C50H86O6. The van der Waals surface area contributed by atoms with Gasteiger partial charge in [-0.3, -0.25) is 14.4 Å². The Morgan fingerprint density at radius 3 is 1.21 bits per heavy atom. The van der Waals surface area contributed by atoms with Gasteiger partial charge in [-0.05, 0) is 70.6 Å². The van der Waals surface area contributed by atoms with Crippen LogP contribution in [0.3, 0.4) is 0 Å². The summed E-state index contributed by atoms with van der Waals surface area (Å²) in [5, 5.41) is 0. The smallest absolute Gasteiger partial charge is 0.306 e. The van der Waals surface area contributed by atoms with Crippen molar-refractivity contribution in [1.82, 2.24) is 0 Å². The van der Waals surface area contributed by atoms with Gasteiger partial charge in [0, 0.05) is 19.3 Å². The van der Waals surface area contributed by atoms with Crippen LogP contribution in [0.5, 0.6) is 0 Å². The van der Waals surface area contributed by atoms with Crippen LogP contribution in [0.25, 0.3) is 0 Å². The Labute approximate surface area is 345 Å². The lowest BCUT2D eigenvalue weighted by atomic mass is 10.0. The summed E-state index contributed by atoms with van der Waals surface area (Å²) in [5.41, 5.74) is 0. The number of rotatable bonds is 41. The zero-order valence-corrected chi connectivity index (χ0v) is 36.6. The Bertz CT molecular complexity index is 1040. The van der Waals surface area contributed by atoms with E-state index in [0.29, 0.717) is 19.3 Å². The average molecular weight is 783 g/mol. The molecule has 0 aliphatic carbocycles. The van der Waals surface area contributed by atoms with Gasteiger partial charge < -0.3 is 14.2 Å². The molecule has 0 aromatic heterocycles. The molecule has 322 valence electrons. The lowest BCUT2D eigenvalue weighted by Gasteiger charge is -2.18. The summed E-state index contributed by atoms with van der Waals surface area (Å²) in [5.74, 6) is -0.994. The summed E-state index contributed by atoms with van der Waals surface area (Å²) in [6, 6.07) is 0. The number of carbonyl (C=O) groups excluding carboxylic acids is 3. The highest BCUT2D eigenvalue weighted by molar-refractivity contribution is 5.71. The van der Waals surface area contributed by atoms with Crippen LogP contribution in [-0.2, 0) is 28.6 Å². The molecule has 0 fully saturated rings. The fourth-order valence-electron chi connectivity index (χ4n) is 6.27. The standard InChI is InChI=1S/C50H86O6/c1-4-7-10-13-16-19-22-25-28-31-34-37-40-43-49(52)55-46-47(45-54-48(51)42-39-36-33-30-27-24-21-18-15-12-9-6-3)56-50(53)44-41-38-35-32-29-26-23-20-17-14-11-8-5-2/h7,10,16,19-20,23,25,28,34,37,47H,4-6,8-9,11-15,17-18,21-22,24,26-27,29-33,35-36,38-46H2,1-3H3/b10-7-,19-16-,23-20-,28-25-,37-34-. The molecule has 1 unspecified atom stereocenters. The van der Waals surface area contributed by atoms with Crippen molar-refractivity contribution in [3.05, 3.63) is 60.8 Å². The highest BCUT2D eigenvalue weighted by Gasteiger charge is 2.19. The maximum absolute atomic E-state index is 12.7. The molecule has 0 aliphatic heterocycles. The maximum atomic E-state index is 12.7. The second-order valence-corrected chi connectivity index (χ2v) is 15.3. The molecule has 0 aromatic rings. The Balaban J connectivity index is 4.48. The highest BCUT2D eigenvalue weighted by Crippen LogP contribution is 2.14. The monoisotopic (exact) mass is 783 g/mol. The number of ether oxygens (including phenoxy) is 3. The van der Waals surface area contributed by atoms with E-state index in [4.69, 9.17) is 14.2 Å². The third-order valence-corrected chi connectivity index (χ3v) is 9.77. The number of carbonyl (C=O) groups is 3. The van der Waals surface area contributed by atoms with E-state index in [0.717, 1.165) is 77.0 Å². The Hall–Kier alpha value is -2.89. The summed E-state index contributed by atoms with van der Waals surface area (Å²) in [4.78, 5) is 37.7. The zero-order chi connectivity index (χ0) is 40.8. The van der Waals surface area contributed by atoms with Gasteiger partial charge in [0.05, 0.1) is 0 Å². The van der Waals surface area contributed by atoms with Crippen LogP contribution in [0.1, 0.15) is 220 Å². The number of allylic oxidation sites excluding steroid dienone is 10. The van der Waals surface area contributed by atoms with Gasteiger partial charge in [-0.2, -0.15) is 0 Å². The van der Waals surface area contributed by atoms with E-state index in [-0.39, 0.29) is 37.5 Å². The van der Waals surface area contributed by atoms with E-state index in [1.807, 2.05) is 12.2 Å². The summed E-state index contributed by atoms with van der Waals surface area (Å²) in [7, 11) is 0. The first-order valence-corrected chi connectivity index (χ1v) is 23.3. The van der Waals surface area contributed by atoms with Gasteiger partial charge in [0.25, 0.3) is 0 Å². The Morgan fingerprint density at radius 1 is 0.375 bits per heavy atom. The van der Waals surface area contributed by atoms with Gasteiger partial charge in [-0.1, -0.05) is 191 Å².